The van der Waals surface area contributed by atoms with E-state index in [2.05, 4.69) is 34.2 Å². The third-order valence-corrected chi connectivity index (χ3v) is 3.12. The first-order valence-corrected chi connectivity index (χ1v) is 6.60. The Morgan fingerprint density at radius 3 is 2.68 bits per heavy atom. The van der Waals surface area contributed by atoms with Gasteiger partial charge in [0.2, 0.25) is 0 Å². The fraction of sp³-hybridized carbons (Fsp3) is 0.429. The molecule has 0 spiro atoms. The average Bonchev–Trinajstić information content (AvgIpc) is 2.83. The van der Waals surface area contributed by atoms with Crippen molar-refractivity contribution < 1.29 is 0 Å². The Balaban J connectivity index is 1.63. The number of hydrogen-bond donors (Lipinski definition) is 1. The molecule has 19 heavy (non-hydrogen) atoms. The number of aryl methyl sites for hydroxylation is 1. The van der Waals surface area contributed by atoms with Gasteiger partial charge in [-0.1, -0.05) is 0 Å². The molecule has 2 rings (SSSR count). The standard InChI is InChI=1S/C14H21N5/c1-18(11-5-13-3-7-16-8-4-13)9-2-10-19-12-6-14(15)17-19/h3-4,6-8,12H,2,5,9-11H2,1H3,(H2,15,17). The Kier molecular flexibility index (Phi) is 4.92. The maximum absolute atomic E-state index is 5.57. The van der Waals surface area contributed by atoms with Crippen LogP contribution in [0.5, 0.6) is 0 Å². The maximum Gasteiger partial charge on any atom is 0.145 e. The van der Waals surface area contributed by atoms with E-state index >= 15 is 0 Å². The molecule has 2 N–H and O–H groups in total. The summed E-state index contributed by atoms with van der Waals surface area (Å²) in [5.74, 6) is 0.589. The highest BCUT2D eigenvalue weighted by molar-refractivity contribution is 5.23. The number of aromatic nitrogens is 3. The number of likely N-dealkylation sites (N-methyl/N-ethyl adjacent to an activating group) is 1. The fourth-order valence-electron chi connectivity index (χ4n) is 1.99. The lowest BCUT2D eigenvalue weighted by atomic mass is 10.2. The Bertz CT molecular complexity index is 480. The summed E-state index contributed by atoms with van der Waals surface area (Å²) >= 11 is 0. The van der Waals surface area contributed by atoms with Crippen LogP contribution in [0.1, 0.15) is 12.0 Å². The lowest BCUT2D eigenvalue weighted by Gasteiger charge is -2.16. The average molecular weight is 259 g/mol. The van der Waals surface area contributed by atoms with E-state index in [1.165, 1.54) is 5.56 Å². The lowest BCUT2D eigenvalue weighted by Crippen LogP contribution is -2.23. The first-order valence-electron chi connectivity index (χ1n) is 6.60. The molecule has 2 aromatic rings. The zero-order valence-corrected chi connectivity index (χ0v) is 11.4. The lowest BCUT2D eigenvalue weighted by molar-refractivity contribution is 0.322. The highest BCUT2D eigenvalue weighted by atomic mass is 15.3. The predicted octanol–water partition coefficient (Wildman–Crippen LogP) is 1.42. The van der Waals surface area contributed by atoms with Crippen LogP contribution in [0.15, 0.2) is 36.8 Å². The third-order valence-electron chi connectivity index (χ3n) is 3.12. The van der Waals surface area contributed by atoms with Crippen molar-refractivity contribution >= 4 is 5.82 Å². The van der Waals surface area contributed by atoms with Gasteiger partial charge in [0.05, 0.1) is 0 Å². The van der Waals surface area contributed by atoms with Crippen molar-refractivity contribution in [3.05, 3.63) is 42.4 Å². The molecule has 0 unspecified atom stereocenters. The first-order chi connectivity index (χ1) is 9.24. The quantitative estimate of drug-likeness (QED) is 0.817. The molecule has 102 valence electrons. The maximum atomic E-state index is 5.57. The minimum Gasteiger partial charge on any atom is -0.382 e. The topological polar surface area (TPSA) is 60.0 Å². The minimum absolute atomic E-state index is 0.589. The molecule has 0 bridgehead atoms. The van der Waals surface area contributed by atoms with Crippen molar-refractivity contribution in [1.29, 1.82) is 0 Å². The van der Waals surface area contributed by atoms with Crippen molar-refractivity contribution in [2.75, 3.05) is 25.9 Å². The summed E-state index contributed by atoms with van der Waals surface area (Å²) in [7, 11) is 2.15. The van der Waals surface area contributed by atoms with Crippen LogP contribution in [0.2, 0.25) is 0 Å². The summed E-state index contributed by atoms with van der Waals surface area (Å²) in [6, 6.07) is 5.97. The summed E-state index contributed by atoms with van der Waals surface area (Å²) in [6.45, 7) is 3.03. The number of nitrogen functional groups attached to an aromatic ring is 1. The van der Waals surface area contributed by atoms with Gasteiger partial charge in [-0.3, -0.25) is 9.67 Å². The number of hydrogen-bond acceptors (Lipinski definition) is 4. The molecule has 0 radical (unpaired) electrons. The molecule has 0 saturated heterocycles. The number of anilines is 1. The monoisotopic (exact) mass is 259 g/mol. The first kappa shape index (κ1) is 13.5. The summed E-state index contributed by atoms with van der Waals surface area (Å²) in [5.41, 5.74) is 6.91. The Morgan fingerprint density at radius 1 is 1.21 bits per heavy atom. The van der Waals surface area contributed by atoms with E-state index in [4.69, 9.17) is 5.73 Å². The largest absolute Gasteiger partial charge is 0.382 e. The van der Waals surface area contributed by atoms with Gasteiger partial charge in [0, 0.05) is 31.7 Å². The zero-order valence-electron chi connectivity index (χ0n) is 11.4. The van der Waals surface area contributed by atoms with Gasteiger partial charge in [0.1, 0.15) is 5.82 Å². The summed E-state index contributed by atoms with van der Waals surface area (Å²) < 4.78 is 1.89. The van der Waals surface area contributed by atoms with Crippen LogP contribution in [0.25, 0.3) is 0 Å². The number of pyridine rings is 1. The number of nitrogens with zero attached hydrogens (tertiary/aromatic N) is 4. The van der Waals surface area contributed by atoms with Crippen LogP contribution in [0, 0.1) is 0 Å². The summed E-state index contributed by atoms with van der Waals surface area (Å²) in [6.07, 6.45) is 7.75. The van der Waals surface area contributed by atoms with Gasteiger partial charge in [-0.25, -0.2) is 0 Å². The number of rotatable bonds is 7. The molecule has 5 heteroatoms. The Morgan fingerprint density at radius 2 is 2.00 bits per heavy atom. The van der Waals surface area contributed by atoms with Crippen LogP contribution >= 0.6 is 0 Å². The summed E-state index contributed by atoms with van der Waals surface area (Å²) in [5, 5.41) is 4.17. The molecule has 0 fully saturated rings. The normalized spacial score (nSPS) is 11.1. The van der Waals surface area contributed by atoms with E-state index < -0.39 is 0 Å². The van der Waals surface area contributed by atoms with E-state index in [0.29, 0.717) is 5.82 Å². The zero-order chi connectivity index (χ0) is 13.5. The van der Waals surface area contributed by atoms with Gasteiger partial charge in [0.15, 0.2) is 0 Å². The van der Waals surface area contributed by atoms with E-state index in [0.717, 1.165) is 32.5 Å². The Hall–Kier alpha value is -1.88. The molecular weight excluding hydrogens is 238 g/mol. The highest BCUT2D eigenvalue weighted by Gasteiger charge is 2.00. The predicted molar refractivity (Wildman–Crippen MR) is 76.7 cm³/mol. The molecule has 5 nitrogen and oxygen atoms in total. The third kappa shape index (κ3) is 4.71. The van der Waals surface area contributed by atoms with Crippen molar-refractivity contribution in [3.8, 4) is 0 Å². The van der Waals surface area contributed by atoms with E-state index in [9.17, 15) is 0 Å². The SMILES string of the molecule is CN(CCCn1ccc(N)n1)CCc1ccncc1. The van der Waals surface area contributed by atoms with Gasteiger partial charge >= 0.3 is 0 Å². The fourth-order valence-corrected chi connectivity index (χ4v) is 1.99. The molecule has 0 aromatic carbocycles. The molecule has 2 heterocycles. The van der Waals surface area contributed by atoms with Crippen LogP contribution in [-0.4, -0.2) is 39.8 Å². The summed E-state index contributed by atoms with van der Waals surface area (Å²) in [4.78, 5) is 6.36. The smallest absolute Gasteiger partial charge is 0.145 e. The van der Waals surface area contributed by atoms with Crippen molar-refractivity contribution in [2.24, 2.45) is 0 Å². The van der Waals surface area contributed by atoms with E-state index in [-0.39, 0.29) is 0 Å². The van der Waals surface area contributed by atoms with Crippen molar-refractivity contribution in [2.45, 2.75) is 19.4 Å². The van der Waals surface area contributed by atoms with Crippen LogP contribution in [0.4, 0.5) is 5.82 Å². The van der Waals surface area contributed by atoms with Crippen molar-refractivity contribution in [1.82, 2.24) is 19.7 Å². The molecule has 0 aliphatic rings. The van der Waals surface area contributed by atoms with Crippen LogP contribution in [0.3, 0.4) is 0 Å². The van der Waals surface area contributed by atoms with Gasteiger partial charge in [-0.2, -0.15) is 5.10 Å². The van der Waals surface area contributed by atoms with Gasteiger partial charge in [-0.05, 0) is 50.2 Å². The second-order valence-electron chi connectivity index (χ2n) is 4.77. The van der Waals surface area contributed by atoms with Crippen LogP contribution < -0.4 is 5.73 Å². The van der Waals surface area contributed by atoms with Gasteiger partial charge < -0.3 is 10.6 Å². The molecule has 2 aromatic heterocycles. The molecule has 0 aliphatic heterocycles. The van der Waals surface area contributed by atoms with Crippen molar-refractivity contribution in [3.63, 3.8) is 0 Å². The molecule has 0 saturated carbocycles. The minimum atomic E-state index is 0.589. The highest BCUT2D eigenvalue weighted by Crippen LogP contribution is 2.01. The molecular formula is C14H21N5. The van der Waals surface area contributed by atoms with Crippen LogP contribution in [-0.2, 0) is 13.0 Å². The second kappa shape index (κ2) is 6.89. The second-order valence-corrected chi connectivity index (χ2v) is 4.77. The Labute approximate surface area is 114 Å². The molecule has 0 amide bonds. The molecule has 0 atom stereocenters. The van der Waals surface area contributed by atoms with Gasteiger partial charge in [0.25, 0.3) is 0 Å². The number of nitrogens with two attached hydrogens (primary N) is 1. The van der Waals surface area contributed by atoms with Gasteiger partial charge in [-0.15, -0.1) is 0 Å². The van der Waals surface area contributed by atoms with E-state index in [1.807, 2.05) is 29.3 Å². The molecule has 0 aliphatic carbocycles. The van der Waals surface area contributed by atoms with E-state index in [1.54, 1.807) is 0 Å².